The van der Waals surface area contributed by atoms with Crippen molar-refractivity contribution in [3.8, 4) is 5.75 Å². The van der Waals surface area contributed by atoms with Gasteiger partial charge in [0.25, 0.3) is 0 Å². The zero-order valence-corrected chi connectivity index (χ0v) is 10.7. The van der Waals surface area contributed by atoms with Crippen LogP contribution >= 0.6 is 11.6 Å². The maximum atomic E-state index is 10.5. The smallest absolute Gasteiger partial charge is 0.305 e. The summed E-state index contributed by atoms with van der Waals surface area (Å²) < 4.78 is 5.32. The number of anilines is 1. The van der Waals surface area contributed by atoms with E-state index in [-0.39, 0.29) is 6.42 Å². The molecule has 17 heavy (non-hydrogen) atoms. The van der Waals surface area contributed by atoms with E-state index in [1.54, 1.807) is 12.1 Å². The van der Waals surface area contributed by atoms with Crippen LogP contribution in [0.4, 0.5) is 5.69 Å². The number of carboxylic acid groups (broad SMARTS) is 1. The van der Waals surface area contributed by atoms with E-state index in [1.807, 2.05) is 24.9 Å². The second-order valence-electron chi connectivity index (χ2n) is 3.61. The fourth-order valence-electron chi connectivity index (χ4n) is 1.39. The third kappa shape index (κ3) is 4.15. The summed E-state index contributed by atoms with van der Waals surface area (Å²) >= 11 is 6.05. The Morgan fingerprint density at radius 1 is 1.53 bits per heavy atom. The zero-order chi connectivity index (χ0) is 12.8. The molecule has 0 fully saturated rings. The monoisotopic (exact) mass is 257 g/mol. The van der Waals surface area contributed by atoms with Crippen LogP contribution in [0.3, 0.4) is 0 Å². The van der Waals surface area contributed by atoms with Gasteiger partial charge in [0.05, 0.1) is 18.1 Å². The van der Waals surface area contributed by atoms with Crippen LogP contribution in [0.2, 0.25) is 5.02 Å². The highest BCUT2D eigenvalue weighted by molar-refractivity contribution is 6.32. The minimum atomic E-state index is -0.811. The number of benzene rings is 1. The Labute approximate surface area is 106 Å². The largest absolute Gasteiger partial charge is 0.492 e. The molecule has 0 saturated carbocycles. The lowest BCUT2D eigenvalue weighted by molar-refractivity contribution is -0.136. The van der Waals surface area contributed by atoms with Gasteiger partial charge in [0.2, 0.25) is 0 Å². The third-order valence-electron chi connectivity index (χ3n) is 2.32. The molecule has 0 saturated heterocycles. The highest BCUT2D eigenvalue weighted by Crippen LogP contribution is 2.29. The van der Waals surface area contributed by atoms with Crippen molar-refractivity contribution >= 4 is 23.3 Å². The predicted molar refractivity (Wildman–Crippen MR) is 68.1 cm³/mol. The Kier molecular flexibility index (Phi) is 5.10. The summed E-state index contributed by atoms with van der Waals surface area (Å²) in [6.07, 6.45) is 0.0985. The van der Waals surface area contributed by atoms with Gasteiger partial charge in [0.1, 0.15) is 5.75 Å². The Bertz CT molecular complexity index is 395. The normalized spacial score (nSPS) is 10.1. The van der Waals surface area contributed by atoms with Crippen LogP contribution in [0.15, 0.2) is 18.2 Å². The molecule has 0 amide bonds. The van der Waals surface area contributed by atoms with E-state index in [1.165, 1.54) is 0 Å². The molecule has 0 aliphatic rings. The van der Waals surface area contributed by atoms with Gasteiger partial charge >= 0.3 is 5.97 Å². The molecular formula is C12H16ClNO3. The van der Waals surface area contributed by atoms with Crippen molar-refractivity contribution in [2.75, 3.05) is 25.1 Å². The average molecular weight is 258 g/mol. The van der Waals surface area contributed by atoms with Gasteiger partial charge in [-0.2, -0.15) is 0 Å². The number of hydrogen-bond donors (Lipinski definition) is 1. The molecule has 0 heterocycles. The van der Waals surface area contributed by atoms with Crippen LogP contribution in [0.5, 0.6) is 5.75 Å². The molecule has 4 nitrogen and oxygen atoms in total. The third-order valence-corrected chi connectivity index (χ3v) is 2.61. The van der Waals surface area contributed by atoms with Gasteiger partial charge in [-0.15, -0.1) is 0 Å². The summed E-state index contributed by atoms with van der Waals surface area (Å²) in [5.41, 5.74) is 0.875. The Hall–Kier alpha value is -1.42. The molecule has 0 atom stereocenters. The van der Waals surface area contributed by atoms with Gasteiger partial charge in [0.15, 0.2) is 0 Å². The fraction of sp³-hybridized carbons (Fsp3) is 0.417. The van der Waals surface area contributed by atoms with E-state index in [4.69, 9.17) is 21.4 Å². The number of aliphatic carboxylic acids is 1. The molecule has 1 aromatic carbocycles. The Balaban J connectivity index is 2.71. The van der Waals surface area contributed by atoms with E-state index in [9.17, 15) is 4.79 Å². The van der Waals surface area contributed by atoms with E-state index in [0.717, 1.165) is 5.69 Å². The van der Waals surface area contributed by atoms with Crippen molar-refractivity contribution in [3.63, 3.8) is 0 Å². The Morgan fingerprint density at radius 3 is 2.76 bits per heavy atom. The van der Waals surface area contributed by atoms with Crippen LogP contribution in [0.25, 0.3) is 0 Å². The van der Waals surface area contributed by atoms with Crippen molar-refractivity contribution in [1.82, 2.24) is 0 Å². The molecule has 0 bridgehead atoms. The number of nitrogens with zero attached hydrogens (tertiary/aromatic N) is 1. The first-order valence-electron chi connectivity index (χ1n) is 5.40. The lowest BCUT2D eigenvalue weighted by atomic mass is 10.2. The Morgan fingerprint density at radius 2 is 2.24 bits per heavy atom. The number of halogens is 1. The van der Waals surface area contributed by atoms with E-state index in [2.05, 4.69) is 0 Å². The first-order chi connectivity index (χ1) is 8.04. The molecule has 0 unspecified atom stereocenters. The molecule has 0 aliphatic heterocycles. The van der Waals surface area contributed by atoms with Crippen LogP contribution in [-0.2, 0) is 4.79 Å². The molecule has 1 rings (SSSR count). The summed E-state index contributed by atoms with van der Waals surface area (Å²) in [4.78, 5) is 12.3. The van der Waals surface area contributed by atoms with E-state index < -0.39 is 5.97 Å². The zero-order valence-electron chi connectivity index (χ0n) is 9.94. The number of hydrogen-bond acceptors (Lipinski definition) is 3. The summed E-state index contributed by atoms with van der Waals surface area (Å²) in [6, 6.07) is 5.42. The van der Waals surface area contributed by atoms with Gasteiger partial charge in [-0.05, 0) is 25.1 Å². The second-order valence-corrected chi connectivity index (χ2v) is 4.02. The number of carbonyl (C=O) groups is 1. The standard InChI is InChI=1S/C12H16ClNO3/c1-3-17-11-5-4-9(8-10(11)13)14(2)7-6-12(15)16/h4-5,8H,3,6-7H2,1-2H3,(H,15,16). The number of carboxylic acids is 1. The summed E-state index contributed by atoms with van der Waals surface area (Å²) in [5.74, 6) is -0.168. The van der Waals surface area contributed by atoms with Crippen LogP contribution in [-0.4, -0.2) is 31.3 Å². The topological polar surface area (TPSA) is 49.8 Å². The van der Waals surface area contributed by atoms with E-state index >= 15 is 0 Å². The SMILES string of the molecule is CCOc1ccc(N(C)CCC(=O)O)cc1Cl. The van der Waals surface area contributed by atoms with Crippen LogP contribution in [0, 0.1) is 0 Å². The summed E-state index contributed by atoms with van der Waals surface area (Å²) in [7, 11) is 1.83. The van der Waals surface area contributed by atoms with Crippen LogP contribution in [0.1, 0.15) is 13.3 Å². The minimum Gasteiger partial charge on any atom is -0.492 e. The first-order valence-corrected chi connectivity index (χ1v) is 5.77. The first kappa shape index (κ1) is 13.6. The second kappa shape index (κ2) is 6.35. The van der Waals surface area contributed by atoms with Gasteiger partial charge < -0.3 is 14.7 Å². The molecular weight excluding hydrogens is 242 g/mol. The molecule has 94 valence electrons. The average Bonchev–Trinajstić information content (AvgIpc) is 2.28. The predicted octanol–water partition coefficient (Wildman–Crippen LogP) is 2.65. The molecule has 0 radical (unpaired) electrons. The molecule has 0 spiro atoms. The van der Waals surface area contributed by atoms with Gasteiger partial charge in [-0.25, -0.2) is 0 Å². The van der Waals surface area contributed by atoms with Crippen molar-refractivity contribution in [2.24, 2.45) is 0 Å². The molecule has 5 heteroatoms. The van der Waals surface area contributed by atoms with Crippen molar-refractivity contribution in [1.29, 1.82) is 0 Å². The van der Waals surface area contributed by atoms with Crippen molar-refractivity contribution in [3.05, 3.63) is 23.2 Å². The highest BCUT2D eigenvalue weighted by atomic mass is 35.5. The van der Waals surface area contributed by atoms with Crippen molar-refractivity contribution < 1.29 is 14.6 Å². The molecule has 1 N–H and O–H groups in total. The highest BCUT2D eigenvalue weighted by Gasteiger charge is 2.07. The fourth-order valence-corrected chi connectivity index (χ4v) is 1.62. The summed E-state index contributed by atoms with van der Waals surface area (Å²) in [6.45, 7) is 2.90. The minimum absolute atomic E-state index is 0.0985. The molecule has 1 aromatic rings. The van der Waals surface area contributed by atoms with Crippen LogP contribution < -0.4 is 9.64 Å². The maximum Gasteiger partial charge on any atom is 0.305 e. The lowest BCUT2D eigenvalue weighted by Crippen LogP contribution is -2.20. The van der Waals surface area contributed by atoms with Crippen molar-refractivity contribution in [2.45, 2.75) is 13.3 Å². The van der Waals surface area contributed by atoms with Gasteiger partial charge in [0, 0.05) is 19.3 Å². The molecule has 0 aliphatic carbocycles. The number of rotatable bonds is 6. The van der Waals surface area contributed by atoms with Gasteiger partial charge in [-0.1, -0.05) is 11.6 Å². The quantitative estimate of drug-likeness (QED) is 0.851. The van der Waals surface area contributed by atoms with E-state index in [0.29, 0.717) is 23.9 Å². The number of ether oxygens (including phenoxy) is 1. The molecule has 0 aromatic heterocycles. The van der Waals surface area contributed by atoms with Gasteiger partial charge in [-0.3, -0.25) is 4.79 Å². The maximum absolute atomic E-state index is 10.5. The lowest BCUT2D eigenvalue weighted by Gasteiger charge is -2.19. The summed E-state index contributed by atoms with van der Waals surface area (Å²) in [5, 5.41) is 9.14.